The van der Waals surface area contributed by atoms with Crippen LogP contribution in [0.1, 0.15) is 36.4 Å². The number of benzene rings is 1. The van der Waals surface area contributed by atoms with Crippen LogP contribution in [-0.2, 0) is 16.4 Å². The zero-order chi connectivity index (χ0) is 13.0. The molecule has 0 radical (unpaired) electrons. The average Bonchev–Trinajstić information content (AvgIpc) is 2.51. The van der Waals surface area contributed by atoms with E-state index in [1.54, 1.807) is 0 Å². The molecular formula is C13H20N2O2S. The molecule has 1 unspecified atom stereocenters. The van der Waals surface area contributed by atoms with Crippen molar-refractivity contribution in [3.8, 4) is 0 Å². The number of nitrogens with two attached hydrogens (primary N) is 1. The Morgan fingerprint density at radius 2 is 2.06 bits per heavy atom. The number of rotatable bonds is 4. The quantitative estimate of drug-likeness (QED) is 0.809. The van der Waals surface area contributed by atoms with Crippen LogP contribution in [0.15, 0.2) is 24.3 Å². The summed E-state index contributed by atoms with van der Waals surface area (Å²) in [6.45, 7) is 0.415. The number of fused-ring (bicyclic) bond motifs is 1. The highest BCUT2D eigenvalue weighted by atomic mass is 32.2. The Morgan fingerprint density at radius 1 is 1.28 bits per heavy atom. The van der Waals surface area contributed by atoms with Gasteiger partial charge in [-0.3, -0.25) is 0 Å². The molecule has 0 saturated heterocycles. The number of hydrogen-bond donors (Lipinski definition) is 2. The molecule has 1 aromatic rings. The molecule has 100 valence electrons. The van der Waals surface area contributed by atoms with Gasteiger partial charge in [-0.15, -0.1) is 0 Å². The predicted molar refractivity (Wildman–Crippen MR) is 72.7 cm³/mol. The van der Waals surface area contributed by atoms with Crippen LogP contribution >= 0.6 is 0 Å². The molecule has 0 heterocycles. The largest absolute Gasteiger partial charge is 0.309 e. The minimum atomic E-state index is -3.37. The van der Waals surface area contributed by atoms with Crippen LogP contribution in [0.4, 0.5) is 0 Å². The fourth-order valence-corrected chi connectivity index (χ4v) is 2.91. The summed E-state index contributed by atoms with van der Waals surface area (Å²) in [5.41, 5.74) is 2.69. The van der Waals surface area contributed by atoms with Gasteiger partial charge in [0, 0.05) is 12.6 Å². The van der Waals surface area contributed by atoms with Crippen molar-refractivity contribution in [2.24, 2.45) is 5.14 Å². The standard InChI is InChI=1S/C13H20N2O2S/c14-18(16,17)10-9-15-13-8-4-2-6-11-5-1-3-7-12(11)13/h1,3,5,7,13,15H,2,4,6,8-10H2,(H2,14,16,17). The van der Waals surface area contributed by atoms with E-state index in [1.165, 1.54) is 24.0 Å². The molecule has 0 bridgehead atoms. The second-order valence-corrected chi connectivity index (χ2v) is 6.55. The Hall–Kier alpha value is -0.910. The maximum atomic E-state index is 10.9. The molecule has 1 aliphatic rings. The molecule has 1 aliphatic carbocycles. The summed E-state index contributed by atoms with van der Waals surface area (Å²) in [4.78, 5) is 0. The molecule has 2 rings (SSSR count). The second-order valence-electron chi connectivity index (χ2n) is 4.82. The first-order valence-electron chi connectivity index (χ1n) is 6.38. The Kier molecular flexibility index (Phi) is 4.37. The Labute approximate surface area is 109 Å². The minimum Gasteiger partial charge on any atom is -0.309 e. The minimum absolute atomic E-state index is 0.00827. The van der Waals surface area contributed by atoms with Crippen molar-refractivity contribution < 1.29 is 8.42 Å². The first-order chi connectivity index (χ1) is 8.56. The predicted octanol–water partition coefficient (Wildman–Crippen LogP) is 1.33. The number of nitrogens with one attached hydrogen (secondary N) is 1. The number of aryl methyl sites for hydroxylation is 1. The Balaban J connectivity index is 2.04. The van der Waals surface area contributed by atoms with Crippen molar-refractivity contribution >= 4 is 10.0 Å². The molecule has 5 heteroatoms. The molecule has 0 saturated carbocycles. The number of primary sulfonamides is 1. The summed E-state index contributed by atoms with van der Waals surface area (Å²) >= 11 is 0. The second kappa shape index (κ2) is 5.82. The maximum absolute atomic E-state index is 10.9. The van der Waals surface area contributed by atoms with Crippen molar-refractivity contribution in [2.45, 2.75) is 31.7 Å². The van der Waals surface area contributed by atoms with E-state index in [-0.39, 0.29) is 11.8 Å². The molecule has 0 aliphatic heterocycles. The highest BCUT2D eigenvalue weighted by Gasteiger charge is 2.17. The van der Waals surface area contributed by atoms with Crippen LogP contribution in [-0.4, -0.2) is 20.7 Å². The molecular weight excluding hydrogens is 248 g/mol. The third-order valence-electron chi connectivity index (χ3n) is 3.40. The monoisotopic (exact) mass is 268 g/mol. The van der Waals surface area contributed by atoms with Crippen molar-refractivity contribution in [1.29, 1.82) is 0 Å². The summed E-state index contributed by atoms with van der Waals surface area (Å²) in [7, 11) is -3.37. The van der Waals surface area contributed by atoms with Gasteiger partial charge in [0.15, 0.2) is 0 Å². The van der Waals surface area contributed by atoms with E-state index >= 15 is 0 Å². The maximum Gasteiger partial charge on any atom is 0.210 e. The highest BCUT2D eigenvalue weighted by molar-refractivity contribution is 7.89. The first kappa shape index (κ1) is 13.5. The first-order valence-corrected chi connectivity index (χ1v) is 8.09. The molecule has 1 aromatic carbocycles. The lowest BCUT2D eigenvalue weighted by Crippen LogP contribution is -2.30. The third kappa shape index (κ3) is 3.80. The van der Waals surface area contributed by atoms with Crippen LogP contribution in [0, 0.1) is 0 Å². The lowest BCUT2D eigenvalue weighted by Gasteiger charge is -2.19. The normalized spacial score (nSPS) is 20.2. The van der Waals surface area contributed by atoms with Crippen molar-refractivity contribution in [3.05, 3.63) is 35.4 Å². The molecule has 3 N–H and O–H groups in total. The third-order valence-corrected chi connectivity index (χ3v) is 4.17. The van der Waals surface area contributed by atoms with Crippen LogP contribution in [0.25, 0.3) is 0 Å². The molecule has 0 fully saturated rings. The van der Waals surface area contributed by atoms with Crippen LogP contribution in [0.5, 0.6) is 0 Å². The van der Waals surface area contributed by atoms with Crippen molar-refractivity contribution in [2.75, 3.05) is 12.3 Å². The van der Waals surface area contributed by atoms with Gasteiger partial charge in [-0.2, -0.15) is 0 Å². The van der Waals surface area contributed by atoms with E-state index in [9.17, 15) is 8.42 Å². The van der Waals surface area contributed by atoms with E-state index in [2.05, 4.69) is 23.5 Å². The van der Waals surface area contributed by atoms with Gasteiger partial charge in [0.05, 0.1) is 5.75 Å². The highest BCUT2D eigenvalue weighted by Crippen LogP contribution is 2.28. The van der Waals surface area contributed by atoms with Gasteiger partial charge in [0.25, 0.3) is 0 Å². The zero-order valence-corrected chi connectivity index (χ0v) is 11.2. The van der Waals surface area contributed by atoms with Gasteiger partial charge >= 0.3 is 0 Å². The van der Waals surface area contributed by atoms with Crippen molar-refractivity contribution in [1.82, 2.24) is 5.32 Å². The Bertz CT molecular complexity index is 499. The van der Waals surface area contributed by atoms with Gasteiger partial charge in [0.1, 0.15) is 0 Å². The summed E-state index contributed by atoms with van der Waals surface area (Å²) in [6.07, 6.45) is 4.54. The molecule has 0 aromatic heterocycles. The summed E-state index contributed by atoms with van der Waals surface area (Å²) in [5, 5.41) is 8.32. The summed E-state index contributed by atoms with van der Waals surface area (Å²) in [5.74, 6) is -0.00827. The smallest absolute Gasteiger partial charge is 0.210 e. The lowest BCUT2D eigenvalue weighted by atomic mass is 9.99. The van der Waals surface area contributed by atoms with Crippen LogP contribution in [0.3, 0.4) is 0 Å². The molecule has 18 heavy (non-hydrogen) atoms. The average molecular weight is 268 g/mol. The van der Waals surface area contributed by atoms with E-state index in [0.717, 1.165) is 12.8 Å². The zero-order valence-electron chi connectivity index (χ0n) is 10.4. The van der Waals surface area contributed by atoms with Gasteiger partial charge in [-0.1, -0.05) is 30.7 Å². The van der Waals surface area contributed by atoms with Crippen molar-refractivity contribution in [3.63, 3.8) is 0 Å². The molecule has 0 spiro atoms. The number of hydrogen-bond acceptors (Lipinski definition) is 3. The lowest BCUT2D eigenvalue weighted by molar-refractivity contribution is 0.501. The van der Waals surface area contributed by atoms with E-state index in [1.807, 2.05) is 6.07 Å². The Morgan fingerprint density at radius 3 is 2.83 bits per heavy atom. The topological polar surface area (TPSA) is 72.2 Å². The molecule has 1 atom stereocenters. The van der Waals surface area contributed by atoms with Crippen LogP contribution < -0.4 is 10.5 Å². The van der Waals surface area contributed by atoms with E-state index in [0.29, 0.717) is 6.54 Å². The molecule has 0 amide bonds. The summed E-state index contributed by atoms with van der Waals surface area (Å²) < 4.78 is 21.8. The van der Waals surface area contributed by atoms with Gasteiger partial charge in [-0.05, 0) is 30.4 Å². The fraction of sp³-hybridized carbons (Fsp3) is 0.538. The fourth-order valence-electron chi connectivity index (χ4n) is 2.51. The SMILES string of the molecule is NS(=O)(=O)CCNC1CCCCc2ccccc21. The van der Waals surface area contributed by atoms with Gasteiger partial charge in [-0.25, -0.2) is 13.6 Å². The van der Waals surface area contributed by atoms with E-state index in [4.69, 9.17) is 5.14 Å². The van der Waals surface area contributed by atoms with E-state index < -0.39 is 10.0 Å². The number of sulfonamides is 1. The van der Waals surface area contributed by atoms with Crippen LogP contribution in [0.2, 0.25) is 0 Å². The molecule has 4 nitrogen and oxygen atoms in total. The van der Waals surface area contributed by atoms with Gasteiger partial charge in [0.2, 0.25) is 10.0 Å². The van der Waals surface area contributed by atoms with Gasteiger partial charge < -0.3 is 5.32 Å². The summed E-state index contributed by atoms with van der Waals surface area (Å²) in [6, 6.07) is 8.65.